The zero-order chi connectivity index (χ0) is 24.1. The van der Waals surface area contributed by atoms with Gasteiger partial charge in [-0.3, -0.25) is 9.59 Å². The molecule has 34 heavy (non-hydrogen) atoms. The molecular formula is C28H31N4O2+. The second kappa shape index (κ2) is 10.3. The molecule has 1 fully saturated rings. The molecule has 1 aliphatic heterocycles. The van der Waals surface area contributed by atoms with Gasteiger partial charge in [-0.05, 0) is 57.2 Å². The van der Waals surface area contributed by atoms with Crippen LogP contribution in [-0.2, 0) is 4.79 Å². The summed E-state index contributed by atoms with van der Waals surface area (Å²) in [5, 5.41) is 2.95. The fraction of sp³-hybridized carbons (Fsp3) is 0.250. The number of amides is 2. The third-order valence-corrected chi connectivity index (χ3v) is 6.19. The fourth-order valence-electron chi connectivity index (χ4n) is 4.28. The van der Waals surface area contributed by atoms with Crippen molar-refractivity contribution in [2.75, 3.05) is 18.0 Å². The van der Waals surface area contributed by atoms with Gasteiger partial charge < -0.3 is 10.2 Å². The van der Waals surface area contributed by atoms with Crippen LogP contribution in [0.1, 0.15) is 46.9 Å². The van der Waals surface area contributed by atoms with E-state index in [1.165, 1.54) is 0 Å². The van der Waals surface area contributed by atoms with Crippen LogP contribution in [0, 0.1) is 6.92 Å². The lowest BCUT2D eigenvalue weighted by atomic mass is 9.99. The number of aryl methyl sites for hydroxylation is 1. The summed E-state index contributed by atoms with van der Waals surface area (Å²) in [7, 11) is 0. The first-order chi connectivity index (χ1) is 16.5. The molecule has 0 bridgehead atoms. The molecule has 1 saturated heterocycles. The normalized spacial score (nSPS) is 18.6. The van der Waals surface area contributed by atoms with E-state index in [1.54, 1.807) is 16.8 Å². The number of nitrogens with zero attached hydrogens (tertiary/aromatic N) is 2. The Balaban J connectivity index is 1.64. The largest absolute Gasteiger partial charge is 0.372 e. The maximum absolute atomic E-state index is 13.0. The lowest BCUT2D eigenvalue weighted by Crippen LogP contribution is -2.42. The summed E-state index contributed by atoms with van der Waals surface area (Å²) in [5.41, 5.74) is 7.60. The topological polar surface area (TPSA) is 64.5 Å². The molecule has 3 aromatic carbocycles. The Morgan fingerprint density at radius 3 is 2.24 bits per heavy atom. The molecule has 0 unspecified atom stereocenters. The molecule has 0 saturated carbocycles. The minimum absolute atomic E-state index is 0.245. The highest BCUT2D eigenvalue weighted by Gasteiger charge is 2.47. The van der Waals surface area contributed by atoms with Crippen molar-refractivity contribution in [3.8, 4) is 0 Å². The van der Waals surface area contributed by atoms with E-state index in [0.29, 0.717) is 5.56 Å². The van der Waals surface area contributed by atoms with E-state index in [1.807, 2.05) is 67.7 Å². The second-order valence-corrected chi connectivity index (χ2v) is 8.45. The minimum atomic E-state index is -0.734. The van der Waals surface area contributed by atoms with Crippen LogP contribution in [0.25, 0.3) is 0 Å². The van der Waals surface area contributed by atoms with Gasteiger partial charge in [0, 0.05) is 35.5 Å². The van der Waals surface area contributed by atoms with Crippen molar-refractivity contribution in [2.45, 2.75) is 32.9 Å². The van der Waals surface area contributed by atoms with E-state index >= 15 is 0 Å². The molecule has 0 radical (unpaired) electrons. The molecule has 2 N–H and O–H groups in total. The highest BCUT2D eigenvalue weighted by atomic mass is 16.2. The Kier molecular flexibility index (Phi) is 7.07. The summed E-state index contributed by atoms with van der Waals surface area (Å²) >= 11 is 0. The fourth-order valence-corrected chi connectivity index (χ4v) is 4.28. The SMILES string of the molecule is CCN(CC)c1ccc(/C=[N+]2\NC(=O)[C@@H](NC(=O)c3ccc(C)cc3)[C@@H]2c2ccccc2)cc1. The van der Waals surface area contributed by atoms with E-state index in [-0.39, 0.29) is 17.9 Å². The molecule has 6 heteroatoms. The Hall–Kier alpha value is -3.93. The van der Waals surface area contributed by atoms with Crippen LogP contribution in [0.2, 0.25) is 0 Å². The predicted molar refractivity (Wildman–Crippen MR) is 135 cm³/mol. The maximum Gasteiger partial charge on any atom is 0.304 e. The van der Waals surface area contributed by atoms with Gasteiger partial charge in [-0.25, -0.2) is 0 Å². The maximum atomic E-state index is 13.0. The summed E-state index contributed by atoms with van der Waals surface area (Å²) in [6, 6.07) is 24.2. The van der Waals surface area contributed by atoms with Crippen LogP contribution in [0.4, 0.5) is 5.69 Å². The van der Waals surface area contributed by atoms with Crippen LogP contribution in [0.15, 0.2) is 78.9 Å². The molecular weight excluding hydrogens is 424 g/mol. The molecule has 2 atom stereocenters. The second-order valence-electron chi connectivity index (χ2n) is 8.45. The number of nitrogens with one attached hydrogen (secondary N) is 2. The molecule has 0 aromatic heterocycles. The van der Waals surface area contributed by atoms with Gasteiger partial charge >= 0.3 is 5.91 Å². The minimum Gasteiger partial charge on any atom is -0.372 e. The number of anilines is 1. The van der Waals surface area contributed by atoms with E-state index in [2.05, 4.69) is 41.6 Å². The van der Waals surface area contributed by atoms with Gasteiger partial charge in [-0.1, -0.05) is 48.0 Å². The molecule has 1 heterocycles. The number of hydrazone groups is 1. The van der Waals surface area contributed by atoms with Crippen LogP contribution < -0.4 is 15.6 Å². The Morgan fingerprint density at radius 2 is 1.62 bits per heavy atom. The van der Waals surface area contributed by atoms with Crippen molar-refractivity contribution in [1.29, 1.82) is 0 Å². The van der Waals surface area contributed by atoms with Gasteiger partial charge in [0.05, 0.1) is 0 Å². The number of hydrazine groups is 1. The standard InChI is InChI=1S/C28H30N4O2/c1-4-31(5-2)24-17-13-21(14-18-24)19-32-26(22-9-7-6-8-10-22)25(28(34)30-32)29-27(33)23-15-11-20(3)12-16-23/h6-19,25-26H,4-5H2,1-3H3,(H-,29,30,33,34)/p+1/t25-,26-/m0/s1. The molecule has 6 nitrogen and oxygen atoms in total. The van der Waals surface area contributed by atoms with Crippen LogP contribution in [-0.4, -0.2) is 41.8 Å². The summed E-state index contributed by atoms with van der Waals surface area (Å²) in [5.74, 6) is -0.517. The van der Waals surface area contributed by atoms with Crippen molar-refractivity contribution in [3.05, 3.63) is 101 Å². The van der Waals surface area contributed by atoms with Crippen molar-refractivity contribution in [1.82, 2.24) is 10.7 Å². The number of carbonyl (C=O) groups is 2. The molecule has 0 aliphatic carbocycles. The monoisotopic (exact) mass is 455 g/mol. The summed E-state index contributed by atoms with van der Waals surface area (Å²) < 4.78 is 1.80. The summed E-state index contributed by atoms with van der Waals surface area (Å²) in [6.07, 6.45) is 1.92. The zero-order valence-electron chi connectivity index (χ0n) is 19.9. The third-order valence-electron chi connectivity index (χ3n) is 6.19. The number of benzene rings is 3. The van der Waals surface area contributed by atoms with Gasteiger partial charge in [0.25, 0.3) is 5.91 Å². The van der Waals surface area contributed by atoms with E-state index in [4.69, 9.17) is 0 Å². The van der Waals surface area contributed by atoms with E-state index in [9.17, 15) is 9.59 Å². The predicted octanol–water partition coefficient (Wildman–Crippen LogP) is 3.86. The van der Waals surface area contributed by atoms with Gasteiger partial charge in [-0.15, -0.1) is 10.1 Å². The summed E-state index contributed by atoms with van der Waals surface area (Å²) in [6.45, 7) is 8.14. The highest BCUT2D eigenvalue weighted by Crippen LogP contribution is 2.25. The van der Waals surface area contributed by atoms with Crippen molar-refractivity contribution >= 4 is 23.7 Å². The molecule has 4 rings (SSSR count). The molecule has 1 aliphatic rings. The lowest BCUT2D eigenvalue weighted by molar-refractivity contribution is -0.596. The average molecular weight is 456 g/mol. The van der Waals surface area contributed by atoms with Crippen molar-refractivity contribution in [3.63, 3.8) is 0 Å². The van der Waals surface area contributed by atoms with Gasteiger partial charge in [0.2, 0.25) is 12.3 Å². The summed E-state index contributed by atoms with van der Waals surface area (Å²) in [4.78, 5) is 28.2. The van der Waals surface area contributed by atoms with Crippen LogP contribution in [0.5, 0.6) is 0 Å². The Morgan fingerprint density at radius 1 is 0.971 bits per heavy atom. The number of carbonyl (C=O) groups excluding carboxylic acids is 2. The van der Waals surface area contributed by atoms with Crippen molar-refractivity contribution < 1.29 is 14.3 Å². The first-order valence-electron chi connectivity index (χ1n) is 11.7. The average Bonchev–Trinajstić information content (AvgIpc) is 3.16. The van der Waals surface area contributed by atoms with E-state index in [0.717, 1.165) is 35.5 Å². The van der Waals surface area contributed by atoms with Crippen molar-refractivity contribution in [2.24, 2.45) is 0 Å². The molecule has 174 valence electrons. The number of hydrogen-bond donors (Lipinski definition) is 2. The Labute approximate surface area is 200 Å². The van der Waals surface area contributed by atoms with Gasteiger partial charge in [-0.2, -0.15) is 0 Å². The van der Waals surface area contributed by atoms with Crippen LogP contribution >= 0.6 is 0 Å². The van der Waals surface area contributed by atoms with Gasteiger partial charge in [0.15, 0.2) is 6.04 Å². The zero-order valence-corrected chi connectivity index (χ0v) is 19.9. The highest BCUT2D eigenvalue weighted by molar-refractivity contribution is 5.98. The lowest BCUT2D eigenvalue weighted by Gasteiger charge is -2.20. The van der Waals surface area contributed by atoms with E-state index < -0.39 is 6.04 Å². The Bertz CT molecular complexity index is 1170. The molecule has 3 aromatic rings. The number of rotatable bonds is 7. The quantitative estimate of drug-likeness (QED) is 0.532. The molecule has 2 amide bonds. The molecule has 0 spiro atoms. The number of hydrogen-bond acceptors (Lipinski definition) is 3. The van der Waals surface area contributed by atoms with Gasteiger partial charge in [0.1, 0.15) is 0 Å². The van der Waals surface area contributed by atoms with Crippen LogP contribution in [0.3, 0.4) is 0 Å². The third kappa shape index (κ3) is 5.01. The first kappa shape index (κ1) is 23.2. The smallest absolute Gasteiger partial charge is 0.304 e. The first-order valence-corrected chi connectivity index (χ1v) is 11.7.